The summed E-state index contributed by atoms with van der Waals surface area (Å²) in [5.74, 6) is 2.02. The summed E-state index contributed by atoms with van der Waals surface area (Å²) >= 11 is 1.99. The molecule has 2 nitrogen and oxygen atoms in total. The number of fused-ring (bicyclic) bond motifs is 9. The third kappa shape index (κ3) is 3.52. The molecule has 0 bridgehead atoms. The molecule has 0 N–H and O–H groups in total. The third-order valence-corrected chi connectivity index (χ3v) is 9.59. The summed E-state index contributed by atoms with van der Waals surface area (Å²) < 4.78 is 8.64. The van der Waals surface area contributed by atoms with E-state index in [1.165, 1.54) is 66.3 Å². The Morgan fingerprint density at radius 1 is 0.488 bits per heavy atom. The van der Waals surface area contributed by atoms with E-state index >= 15 is 0 Å². The Balaban J connectivity index is 1.23. The molecule has 0 radical (unpaired) electrons. The first kappa shape index (κ1) is 23.0. The molecule has 9 rings (SSSR count). The van der Waals surface area contributed by atoms with Gasteiger partial charge < -0.3 is 8.98 Å². The number of benzene rings is 6. The van der Waals surface area contributed by atoms with E-state index in [-0.39, 0.29) is 0 Å². The van der Waals surface area contributed by atoms with E-state index in [0.717, 1.165) is 28.1 Å². The number of furan rings is 1. The quantitative estimate of drug-likeness (QED) is 0.216. The fraction of sp³-hybridized carbons (Fsp3) is 0.0526. The molecule has 0 amide bonds. The van der Waals surface area contributed by atoms with Gasteiger partial charge in [-0.2, -0.15) is 11.8 Å². The molecule has 0 atom stereocenters. The van der Waals surface area contributed by atoms with Crippen molar-refractivity contribution in [3.63, 3.8) is 0 Å². The zero-order valence-corrected chi connectivity index (χ0v) is 23.1. The Hall–Kier alpha value is -4.73. The number of aromatic nitrogens is 1. The largest absolute Gasteiger partial charge is 0.456 e. The summed E-state index contributed by atoms with van der Waals surface area (Å²) in [6.07, 6.45) is 0. The van der Waals surface area contributed by atoms with Crippen LogP contribution in [-0.4, -0.2) is 4.57 Å². The molecule has 0 fully saturated rings. The number of hydrogen-bond acceptors (Lipinski definition) is 2. The molecule has 8 aromatic rings. The van der Waals surface area contributed by atoms with E-state index in [1.54, 1.807) is 0 Å². The highest BCUT2D eigenvalue weighted by Gasteiger charge is 2.19. The lowest BCUT2D eigenvalue weighted by Crippen LogP contribution is -1.97. The van der Waals surface area contributed by atoms with Crippen molar-refractivity contribution in [1.29, 1.82) is 0 Å². The molecule has 1 aliphatic rings. The molecule has 0 saturated heterocycles. The molecule has 1 aliphatic heterocycles. The van der Waals surface area contributed by atoms with Crippen LogP contribution in [0.5, 0.6) is 0 Å². The third-order valence-electron chi connectivity index (χ3n) is 8.56. The maximum absolute atomic E-state index is 6.22. The van der Waals surface area contributed by atoms with E-state index in [0.29, 0.717) is 0 Å². The maximum Gasteiger partial charge on any atom is 0.136 e. The Morgan fingerprint density at radius 3 is 1.85 bits per heavy atom. The highest BCUT2D eigenvalue weighted by Crippen LogP contribution is 2.41. The zero-order valence-electron chi connectivity index (χ0n) is 22.3. The smallest absolute Gasteiger partial charge is 0.136 e. The average Bonchev–Trinajstić information content (AvgIpc) is 3.50. The predicted molar refractivity (Wildman–Crippen MR) is 174 cm³/mol. The Kier molecular flexibility index (Phi) is 4.99. The summed E-state index contributed by atoms with van der Waals surface area (Å²) in [7, 11) is 0. The van der Waals surface area contributed by atoms with E-state index in [2.05, 4.69) is 120 Å². The first-order chi connectivity index (χ1) is 20.3. The van der Waals surface area contributed by atoms with Crippen LogP contribution in [0.15, 0.2) is 132 Å². The van der Waals surface area contributed by atoms with Crippen LogP contribution in [0.25, 0.3) is 71.7 Å². The van der Waals surface area contributed by atoms with Crippen molar-refractivity contribution in [3.8, 4) is 27.9 Å². The lowest BCUT2D eigenvalue weighted by Gasteiger charge is -2.15. The molecule has 194 valence electrons. The van der Waals surface area contributed by atoms with Gasteiger partial charge in [-0.05, 0) is 81.9 Å². The summed E-state index contributed by atoms with van der Waals surface area (Å²) in [5, 5.41) is 4.91. The second kappa shape index (κ2) is 8.89. The standard InChI is InChI=1S/C38H25NOS/c1-4-10-35-29(7-1)30-8-2-5-11-36(30)39(35)28-17-15-27-23-41-22-26-14-13-24(19-33(26)34(27)21-28)25-16-18-32-31-9-3-6-12-37(31)40-38(32)20-25/h1-21H,22-23H2. The number of rotatable bonds is 2. The molecular weight excluding hydrogens is 518 g/mol. The Morgan fingerprint density at radius 2 is 1.07 bits per heavy atom. The fourth-order valence-electron chi connectivity index (χ4n) is 6.59. The molecule has 2 aromatic heterocycles. The van der Waals surface area contributed by atoms with Crippen LogP contribution in [0.3, 0.4) is 0 Å². The first-order valence-electron chi connectivity index (χ1n) is 14.1. The zero-order chi connectivity index (χ0) is 26.9. The average molecular weight is 544 g/mol. The molecule has 0 unspecified atom stereocenters. The summed E-state index contributed by atoms with van der Waals surface area (Å²) in [6, 6.07) is 46.4. The Labute approximate surface area is 241 Å². The van der Waals surface area contributed by atoms with Crippen molar-refractivity contribution in [1.82, 2.24) is 4.57 Å². The van der Waals surface area contributed by atoms with E-state index < -0.39 is 0 Å². The van der Waals surface area contributed by atoms with E-state index in [4.69, 9.17) is 4.42 Å². The Bertz CT molecular complexity index is 2250. The monoisotopic (exact) mass is 543 g/mol. The minimum absolute atomic E-state index is 0.934. The highest BCUT2D eigenvalue weighted by atomic mass is 32.2. The molecule has 6 aromatic carbocycles. The number of hydrogen-bond donors (Lipinski definition) is 0. The van der Waals surface area contributed by atoms with Gasteiger partial charge in [-0.1, -0.05) is 78.9 Å². The van der Waals surface area contributed by atoms with Gasteiger partial charge in [-0.3, -0.25) is 0 Å². The van der Waals surface area contributed by atoms with Crippen molar-refractivity contribution >= 4 is 55.5 Å². The number of para-hydroxylation sites is 3. The first-order valence-corrected chi connectivity index (χ1v) is 15.2. The van der Waals surface area contributed by atoms with Gasteiger partial charge in [-0.25, -0.2) is 0 Å². The highest BCUT2D eigenvalue weighted by molar-refractivity contribution is 7.97. The van der Waals surface area contributed by atoms with Crippen molar-refractivity contribution in [2.45, 2.75) is 11.5 Å². The topological polar surface area (TPSA) is 18.1 Å². The normalized spacial score (nSPS) is 13.1. The predicted octanol–water partition coefficient (Wildman–Crippen LogP) is 10.8. The molecular formula is C38H25NOS. The van der Waals surface area contributed by atoms with Gasteiger partial charge in [0.2, 0.25) is 0 Å². The van der Waals surface area contributed by atoms with Gasteiger partial charge >= 0.3 is 0 Å². The molecule has 41 heavy (non-hydrogen) atoms. The van der Waals surface area contributed by atoms with Crippen LogP contribution in [0.4, 0.5) is 0 Å². The van der Waals surface area contributed by atoms with Gasteiger partial charge in [0.1, 0.15) is 11.2 Å². The minimum atomic E-state index is 0.934. The summed E-state index contributed by atoms with van der Waals surface area (Å²) in [4.78, 5) is 0. The van der Waals surface area contributed by atoms with Crippen molar-refractivity contribution < 1.29 is 4.42 Å². The second-order valence-electron chi connectivity index (χ2n) is 10.9. The van der Waals surface area contributed by atoms with Crippen molar-refractivity contribution in [2.75, 3.05) is 0 Å². The van der Waals surface area contributed by atoms with Crippen LogP contribution < -0.4 is 0 Å². The van der Waals surface area contributed by atoms with Gasteiger partial charge in [0.05, 0.1) is 11.0 Å². The molecule has 3 heterocycles. The van der Waals surface area contributed by atoms with Gasteiger partial charge in [-0.15, -0.1) is 0 Å². The maximum atomic E-state index is 6.22. The van der Waals surface area contributed by atoms with E-state index in [1.807, 2.05) is 23.9 Å². The van der Waals surface area contributed by atoms with Crippen molar-refractivity contribution in [3.05, 3.63) is 139 Å². The molecule has 0 spiro atoms. The van der Waals surface area contributed by atoms with Crippen LogP contribution in [0.1, 0.15) is 11.1 Å². The molecule has 0 saturated carbocycles. The lowest BCUT2D eigenvalue weighted by atomic mass is 9.92. The van der Waals surface area contributed by atoms with Gasteiger partial charge in [0.25, 0.3) is 0 Å². The van der Waals surface area contributed by atoms with Gasteiger partial charge in [0.15, 0.2) is 0 Å². The fourth-order valence-corrected chi connectivity index (χ4v) is 7.64. The number of nitrogens with zero attached hydrogens (tertiary/aromatic N) is 1. The summed E-state index contributed by atoms with van der Waals surface area (Å²) in [6.45, 7) is 0. The van der Waals surface area contributed by atoms with Crippen LogP contribution in [0, 0.1) is 0 Å². The second-order valence-corrected chi connectivity index (χ2v) is 11.9. The summed E-state index contributed by atoms with van der Waals surface area (Å²) in [5.41, 5.74) is 13.4. The van der Waals surface area contributed by atoms with Crippen LogP contribution in [0.2, 0.25) is 0 Å². The van der Waals surface area contributed by atoms with E-state index in [9.17, 15) is 0 Å². The lowest BCUT2D eigenvalue weighted by molar-refractivity contribution is 0.669. The number of thioether (sulfide) groups is 1. The van der Waals surface area contributed by atoms with Crippen LogP contribution >= 0.6 is 11.8 Å². The van der Waals surface area contributed by atoms with Gasteiger partial charge in [0, 0.05) is 38.7 Å². The molecule has 3 heteroatoms. The minimum Gasteiger partial charge on any atom is -0.456 e. The van der Waals surface area contributed by atoms with Crippen molar-refractivity contribution in [2.24, 2.45) is 0 Å². The van der Waals surface area contributed by atoms with Crippen LogP contribution in [-0.2, 0) is 11.5 Å². The SMILES string of the molecule is c1ccc2c(c1)oc1cc(-c3ccc4c(c3)-c3cc(-n5c6ccccc6c6ccccc65)ccc3CSC4)ccc12. The molecule has 0 aliphatic carbocycles.